The van der Waals surface area contributed by atoms with Crippen LogP contribution in [-0.4, -0.2) is 34.9 Å². The number of carbonyl (C=O) groups excluding carboxylic acids is 1. The summed E-state index contributed by atoms with van der Waals surface area (Å²) in [4.78, 5) is 19.4. The van der Waals surface area contributed by atoms with Gasteiger partial charge in [0.25, 0.3) is 0 Å². The molecule has 3 aromatic rings. The molecule has 144 valence electrons. The lowest BCUT2D eigenvalue weighted by Crippen LogP contribution is -2.37. The van der Waals surface area contributed by atoms with Crippen molar-refractivity contribution in [2.24, 2.45) is 0 Å². The molecule has 1 amide bonds. The first kappa shape index (κ1) is 18.8. The van der Waals surface area contributed by atoms with Gasteiger partial charge in [0.2, 0.25) is 5.91 Å². The first-order valence-corrected chi connectivity index (χ1v) is 10.6. The monoisotopic (exact) mass is 391 g/mol. The minimum absolute atomic E-state index is 0.101. The lowest BCUT2D eigenvalue weighted by Gasteiger charge is -2.17. The third kappa shape index (κ3) is 4.86. The molecule has 0 spiro atoms. The molecule has 1 aliphatic rings. The van der Waals surface area contributed by atoms with Gasteiger partial charge >= 0.3 is 0 Å². The highest BCUT2D eigenvalue weighted by molar-refractivity contribution is 7.09. The van der Waals surface area contributed by atoms with E-state index in [2.05, 4.69) is 44.8 Å². The second-order valence-electron chi connectivity index (χ2n) is 7.40. The van der Waals surface area contributed by atoms with Crippen molar-refractivity contribution in [1.29, 1.82) is 0 Å². The number of aromatic nitrogens is 1. The van der Waals surface area contributed by atoms with Gasteiger partial charge < -0.3 is 5.32 Å². The molecule has 4 rings (SSSR count). The summed E-state index contributed by atoms with van der Waals surface area (Å²) in [5.41, 5.74) is 4.46. The molecule has 4 nitrogen and oxygen atoms in total. The Morgan fingerprint density at radius 3 is 2.64 bits per heavy atom. The zero-order valence-corrected chi connectivity index (χ0v) is 16.9. The van der Waals surface area contributed by atoms with E-state index in [1.54, 1.807) is 11.3 Å². The van der Waals surface area contributed by atoms with E-state index in [1.807, 2.05) is 37.3 Å². The summed E-state index contributed by atoms with van der Waals surface area (Å²) >= 11 is 1.65. The molecule has 1 saturated heterocycles. The van der Waals surface area contributed by atoms with Gasteiger partial charge in [0.1, 0.15) is 0 Å². The van der Waals surface area contributed by atoms with Gasteiger partial charge in [0.15, 0.2) is 0 Å². The predicted octanol–water partition coefficient (Wildman–Crippen LogP) is 4.05. The summed E-state index contributed by atoms with van der Waals surface area (Å²) in [5, 5.41) is 6.34. The van der Waals surface area contributed by atoms with E-state index < -0.39 is 0 Å². The molecule has 1 unspecified atom stereocenters. The topological polar surface area (TPSA) is 45.2 Å². The molecule has 1 fully saturated rings. The van der Waals surface area contributed by atoms with E-state index in [1.165, 1.54) is 5.56 Å². The number of benzene rings is 2. The molecule has 1 N–H and O–H groups in total. The third-order valence-corrected chi connectivity index (χ3v) is 5.89. The zero-order valence-electron chi connectivity index (χ0n) is 16.1. The summed E-state index contributed by atoms with van der Waals surface area (Å²) < 4.78 is 0. The fraction of sp³-hybridized carbons (Fsp3) is 0.304. The smallest absolute Gasteiger partial charge is 0.224 e. The minimum atomic E-state index is 0.101. The average molecular weight is 392 g/mol. The van der Waals surface area contributed by atoms with Crippen LogP contribution in [0.15, 0.2) is 60.0 Å². The highest BCUT2D eigenvalue weighted by atomic mass is 32.1. The first-order valence-electron chi connectivity index (χ1n) is 9.73. The van der Waals surface area contributed by atoms with E-state index >= 15 is 0 Å². The summed E-state index contributed by atoms with van der Waals surface area (Å²) in [5.74, 6) is 0.101. The summed E-state index contributed by atoms with van der Waals surface area (Å²) in [6.07, 6.45) is 1.44. The van der Waals surface area contributed by atoms with Gasteiger partial charge in [-0.2, -0.15) is 0 Å². The number of amides is 1. The van der Waals surface area contributed by atoms with Crippen LogP contribution in [0, 0.1) is 6.92 Å². The Hall–Kier alpha value is -2.50. The van der Waals surface area contributed by atoms with Crippen molar-refractivity contribution in [1.82, 2.24) is 15.2 Å². The van der Waals surface area contributed by atoms with Gasteiger partial charge in [0.05, 0.1) is 17.1 Å². The van der Waals surface area contributed by atoms with Crippen LogP contribution in [0.1, 0.15) is 22.6 Å². The summed E-state index contributed by atoms with van der Waals surface area (Å²) in [6, 6.07) is 18.9. The van der Waals surface area contributed by atoms with E-state index in [9.17, 15) is 4.79 Å². The van der Waals surface area contributed by atoms with Crippen molar-refractivity contribution in [3.05, 3.63) is 76.1 Å². The normalized spacial score (nSPS) is 17.0. The second-order valence-corrected chi connectivity index (χ2v) is 8.46. The van der Waals surface area contributed by atoms with E-state index in [0.29, 0.717) is 6.42 Å². The van der Waals surface area contributed by atoms with Gasteiger partial charge in [-0.1, -0.05) is 54.6 Å². The Kier molecular flexibility index (Phi) is 5.84. The van der Waals surface area contributed by atoms with Crippen molar-refractivity contribution in [2.45, 2.75) is 32.4 Å². The molecular weight excluding hydrogens is 366 g/mol. The fourth-order valence-corrected chi connectivity index (χ4v) is 4.31. The van der Waals surface area contributed by atoms with Crippen LogP contribution in [0.2, 0.25) is 0 Å². The minimum Gasteiger partial charge on any atom is -0.352 e. The Labute approximate surface area is 170 Å². The Morgan fingerprint density at radius 2 is 1.93 bits per heavy atom. The van der Waals surface area contributed by atoms with Crippen molar-refractivity contribution in [2.75, 3.05) is 13.1 Å². The number of hydrogen-bond acceptors (Lipinski definition) is 4. The maximum Gasteiger partial charge on any atom is 0.224 e. The highest BCUT2D eigenvalue weighted by Crippen LogP contribution is 2.22. The van der Waals surface area contributed by atoms with Crippen LogP contribution in [0.5, 0.6) is 0 Å². The number of rotatable bonds is 6. The molecule has 1 atom stereocenters. The largest absolute Gasteiger partial charge is 0.352 e. The number of carbonyl (C=O) groups is 1. The Bertz CT molecular complexity index is 921. The molecule has 0 aliphatic carbocycles. The van der Waals surface area contributed by atoms with Crippen molar-refractivity contribution in [3.8, 4) is 11.3 Å². The highest BCUT2D eigenvalue weighted by Gasteiger charge is 2.23. The van der Waals surface area contributed by atoms with Crippen molar-refractivity contribution < 1.29 is 4.79 Å². The molecule has 1 aromatic heterocycles. The summed E-state index contributed by atoms with van der Waals surface area (Å²) in [6.45, 7) is 4.91. The standard InChI is InChI=1S/C23H25N3OS/c1-17-24-22(16-28-17)20-9-7-18(8-10-20)13-23(27)25-21-11-12-26(15-21)14-19-5-3-2-4-6-19/h2-10,16,21H,11-15H2,1H3,(H,25,27). The van der Waals surface area contributed by atoms with Gasteiger partial charge in [0, 0.05) is 36.6 Å². The summed E-state index contributed by atoms with van der Waals surface area (Å²) in [7, 11) is 0. The first-order chi connectivity index (χ1) is 13.7. The SMILES string of the molecule is Cc1nc(-c2ccc(CC(=O)NC3CCN(Cc4ccccc4)C3)cc2)cs1. The molecule has 1 aliphatic heterocycles. The molecular formula is C23H25N3OS. The van der Waals surface area contributed by atoms with Crippen molar-refractivity contribution >= 4 is 17.2 Å². The van der Waals surface area contributed by atoms with Crippen LogP contribution >= 0.6 is 11.3 Å². The van der Waals surface area contributed by atoms with Crippen LogP contribution in [-0.2, 0) is 17.8 Å². The number of thiazole rings is 1. The van der Waals surface area contributed by atoms with Crippen LogP contribution < -0.4 is 5.32 Å². The quantitative estimate of drug-likeness (QED) is 0.689. The average Bonchev–Trinajstić information content (AvgIpc) is 3.32. The Morgan fingerprint density at radius 1 is 1.14 bits per heavy atom. The lowest BCUT2D eigenvalue weighted by atomic mass is 10.1. The van der Waals surface area contributed by atoms with E-state index in [0.717, 1.165) is 47.9 Å². The van der Waals surface area contributed by atoms with E-state index in [4.69, 9.17) is 0 Å². The number of hydrogen-bond donors (Lipinski definition) is 1. The molecule has 0 bridgehead atoms. The van der Waals surface area contributed by atoms with Gasteiger partial charge in [-0.15, -0.1) is 11.3 Å². The maximum atomic E-state index is 12.5. The molecule has 5 heteroatoms. The lowest BCUT2D eigenvalue weighted by molar-refractivity contribution is -0.121. The van der Waals surface area contributed by atoms with Gasteiger partial charge in [-0.25, -0.2) is 4.98 Å². The van der Waals surface area contributed by atoms with Gasteiger partial charge in [-0.05, 0) is 24.5 Å². The predicted molar refractivity (Wildman–Crippen MR) is 114 cm³/mol. The maximum absolute atomic E-state index is 12.5. The van der Waals surface area contributed by atoms with Crippen LogP contribution in [0.3, 0.4) is 0 Å². The van der Waals surface area contributed by atoms with E-state index in [-0.39, 0.29) is 11.9 Å². The second kappa shape index (κ2) is 8.67. The molecule has 0 saturated carbocycles. The fourth-order valence-electron chi connectivity index (χ4n) is 3.69. The molecule has 2 heterocycles. The number of nitrogens with zero attached hydrogens (tertiary/aromatic N) is 2. The number of likely N-dealkylation sites (tertiary alicyclic amines) is 1. The molecule has 0 radical (unpaired) electrons. The molecule has 2 aromatic carbocycles. The van der Waals surface area contributed by atoms with Crippen LogP contribution in [0.25, 0.3) is 11.3 Å². The molecule has 28 heavy (non-hydrogen) atoms. The Balaban J connectivity index is 1.26. The third-order valence-electron chi connectivity index (χ3n) is 5.12. The van der Waals surface area contributed by atoms with Crippen LogP contribution in [0.4, 0.5) is 0 Å². The number of aryl methyl sites for hydroxylation is 1. The van der Waals surface area contributed by atoms with Crippen molar-refractivity contribution in [3.63, 3.8) is 0 Å². The number of nitrogens with one attached hydrogen (secondary N) is 1. The van der Waals surface area contributed by atoms with Gasteiger partial charge in [-0.3, -0.25) is 9.69 Å². The zero-order chi connectivity index (χ0) is 19.3.